The van der Waals surface area contributed by atoms with Crippen LogP contribution in [0.15, 0.2) is 66.7 Å². The number of nitrogens with zero attached hydrogens (tertiary/aromatic N) is 3. The second kappa shape index (κ2) is 7.30. The van der Waals surface area contributed by atoms with Gasteiger partial charge in [0.1, 0.15) is 23.2 Å². The van der Waals surface area contributed by atoms with Gasteiger partial charge in [0.25, 0.3) is 0 Å². The summed E-state index contributed by atoms with van der Waals surface area (Å²) in [5, 5.41) is 22.5. The molecule has 1 aromatic heterocycles. The van der Waals surface area contributed by atoms with Crippen molar-refractivity contribution in [3.63, 3.8) is 0 Å². The minimum atomic E-state index is -0.259. The fourth-order valence-electron chi connectivity index (χ4n) is 4.13. The van der Waals surface area contributed by atoms with Crippen molar-refractivity contribution in [2.75, 3.05) is 5.32 Å². The lowest BCUT2D eigenvalue weighted by molar-refractivity contribution is 0.477. The summed E-state index contributed by atoms with van der Waals surface area (Å²) in [6.45, 7) is 1.95. The second-order valence-electron chi connectivity index (χ2n) is 7.53. The van der Waals surface area contributed by atoms with Gasteiger partial charge in [-0.1, -0.05) is 24.3 Å². The van der Waals surface area contributed by atoms with E-state index in [1.807, 2.05) is 31.2 Å². The molecule has 0 saturated carbocycles. The van der Waals surface area contributed by atoms with E-state index < -0.39 is 0 Å². The van der Waals surface area contributed by atoms with Crippen LogP contribution in [-0.4, -0.2) is 19.9 Å². The van der Waals surface area contributed by atoms with Crippen LogP contribution in [0.2, 0.25) is 0 Å². The van der Waals surface area contributed by atoms with Gasteiger partial charge in [-0.15, -0.1) is 10.2 Å². The van der Waals surface area contributed by atoms with E-state index >= 15 is 0 Å². The number of benzene rings is 3. The Morgan fingerprint density at radius 3 is 2.63 bits per heavy atom. The van der Waals surface area contributed by atoms with Gasteiger partial charge in [0.05, 0.1) is 11.7 Å². The zero-order valence-electron chi connectivity index (χ0n) is 16.5. The number of aromatic nitrogens is 3. The number of hydrogen-bond donors (Lipinski definition) is 2. The molecule has 2 N–H and O–H groups in total. The smallest absolute Gasteiger partial charge is 0.137 e. The highest BCUT2D eigenvalue weighted by Gasteiger charge is 2.25. The molecule has 1 atom stereocenters. The van der Waals surface area contributed by atoms with E-state index in [4.69, 9.17) is 0 Å². The number of phenolic OH excluding ortho intramolecular Hbond substituents is 1. The van der Waals surface area contributed by atoms with Crippen LogP contribution in [0.25, 0.3) is 16.8 Å². The fraction of sp³-hybridized carbons (Fsp3) is 0.167. The van der Waals surface area contributed by atoms with Crippen LogP contribution in [0.1, 0.15) is 29.7 Å². The number of nitrogens with one attached hydrogen (secondary N) is 1. The largest absolute Gasteiger partial charge is 0.507 e. The third kappa shape index (κ3) is 3.20. The van der Waals surface area contributed by atoms with Gasteiger partial charge in [0.2, 0.25) is 0 Å². The summed E-state index contributed by atoms with van der Waals surface area (Å²) in [4.78, 5) is 0. The molecular weight excluding hydrogens is 379 g/mol. The Balaban J connectivity index is 1.64. The van der Waals surface area contributed by atoms with E-state index in [0.29, 0.717) is 0 Å². The summed E-state index contributed by atoms with van der Waals surface area (Å²) in [6, 6.07) is 19.9. The van der Waals surface area contributed by atoms with Gasteiger partial charge in [-0.2, -0.15) is 0 Å². The third-order valence-electron chi connectivity index (χ3n) is 5.59. The number of phenols is 1. The standard InChI is InChI=1S/C24H21FN4O/c1-15-27-28-24-13-11-21(26-18-9-7-17(25)8-10-18)20-14-16(6-12-22(20)29(15)24)19-4-2-3-5-23(19)30/h2-10,12,14,21,26,30H,11,13H2,1H3. The zero-order valence-corrected chi connectivity index (χ0v) is 16.5. The highest BCUT2D eigenvalue weighted by molar-refractivity contribution is 5.72. The SMILES string of the molecule is Cc1nnc2n1-c1ccc(-c3ccccc3O)cc1C(Nc1ccc(F)cc1)CC2. The van der Waals surface area contributed by atoms with Gasteiger partial charge in [-0.3, -0.25) is 4.57 Å². The number of rotatable bonds is 3. The molecule has 1 aliphatic rings. The predicted octanol–water partition coefficient (Wildman–Crippen LogP) is 5.19. The molecule has 30 heavy (non-hydrogen) atoms. The van der Waals surface area contributed by atoms with Crippen LogP contribution in [-0.2, 0) is 6.42 Å². The van der Waals surface area contributed by atoms with Crippen molar-refractivity contribution in [1.82, 2.24) is 14.8 Å². The van der Waals surface area contributed by atoms with Crippen molar-refractivity contribution in [1.29, 1.82) is 0 Å². The molecule has 0 saturated heterocycles. The Hall–Kier alpha value is -3.67. The van der Waals surface area contributed by atoms with Crippen molar-refractivity contribution < 1.29 is 9.50 Å². The molecule has 0 fully saturated rings. The molecule has 4 aromatic rings. The molecule has 5 rings (SSSR count). The van der Waals surface area contributed by atoms with E-state index in [2.05, 4.69) is 32.2 Å². The van der Waals surface area contributed by atoms with E-state index in [1.54, 1.807) is 18.2 Å². The summed E-state index contributed by atoms with van der Waals surface area (Å²) >= 11 is 0. The quantitative estimate of drug-likeness (QED) is 0.497. The van der Waals surface area contributed by atoms with E-state index in [1.165, 1.54) is 12.1 Å². The zero-order chi connectivity index (χ0) is 20.7. The fourth-order valence-corrected chi connectivity index (χ4v) is 4.13. The molecule has 2 heterocycles. The van der Waals surface area contributed by atoms with E-state index in [9.17, 15) is 9.50 Å². The third-order valence-corrected chi connectivity index (χ3v) is 5.59. The molecule has 0 spiro atoms. The van der Waals surface area contributed by atoms with Gasteiger partial charge >= 0.3 is 0 Å². The molecular formula is C24H21FN4O. The van der Waals surface area contributed by atoms with Crippen LogP contribution < -0.4 is 5.32 Å². The van der Waals surface area contributed by atoms with Crippen LogP contribution in [0.5, 0.6) is 5.75 Å². The van der Waals surface area contributed by atoms with Crippen molar-refractivity contribution in [2.24, 2.45) is 0 Å². The monoisotopic (exact) mass is 400 g/mol. The summed E-state index contributed by atoms with van der Waals surface area (Å²) in [5.74, 6) is 1.75. The first kappa shape index (κ1) is 18.4. The minimum absolute atomic E-state index is 0.00244. The van der Waals surface area contributed by atoms with Gasteiger partial charge in [0, 0.05) is 17.7 Å². The van der Waals surface area contributed by atoms with Crippen molar-refractivity contribution in [2.45, 2.75) is 25.8 Å². The predicted molar refractivity (Wildman–Crippen MR) is 114 cm³/mol. The summed E-state index contributed by atoms with van der Waals surface area (Å²) in [7, 11) is 0. The molecule has 0 bridgehead atoms. The summed E-state index contributed by atoms with van der Waals surface area (Å²) < 4.78 is 15.5. The molecule has 1 unspecified atom stereocenters. The maximum absolute atomic E-state index is 13.4. The Morgan fingerprint density at radius 1 is 1.03 bits per heavy atom. The Morgan fingerprint density at radius 2 is 1.83 bits per heavy atom. The van der Waals surface area contributed by atoms with Crippen LogP contribution in [0.4, 0.5) is 10.1 Å². The second-order valence-corrected chi connectivity index (χ2v) is 7.53. The lowest BCUT2D eigenvalue weighted by Gasteiger charge is -2.22. The maximum Gasteiger partial charge on any atom is 0.137 e. The topological polar surface area (TPSA) is 63.0 Å². The Kier molecular flexibility index (Phi) is 4.47. The number of fused-ring (bicyclic) bond motifs is 3. The number of para-hydroxylation sites is 1. The van der Waals surface area contributed by atoms with Crippen LogP contribution in [0.3, 0.4) is 0 Å². The molecule has 0 aliphatic carbocycles. The molecule has 1 aliphatic heterocycles. The normalized spacial score (nSPS) is 15.2. The highest BCUT2D eigenvalue weighted by atomic mass is 19.1. The van der Waals surface area contributed by atoms with E-state index in [-0.39, 0.29) is 17.6 Å². The number of anilines is 1. The van der Waals surface area contributed by atoms with Crippen molar-refractivity contribution >= 4 is 5.69 Å². The Labute approximate surface area is 173 Å². The highest BCUT2D eigenvalue weighted by Crippen LogP contribution is 2.38. The van der Waals surface area contributed by atoms with Gasteiger partial charge in [-0.05, 0) is 66.9 Å². The number of aryl methyl sites for hydroxylation is 2. The first-order chi connectivity index (χ1) is 14.6. The first-order valence-electron chi connectivity index (χ1n) is 9.96. The molecule has 0 amide bonds. The molecule has 5 nitrogen and oxygen atoms in total. The lowest BCUT2D eigenvalue weighted by Crippen LogP contribution is -2.12. The lowest BCUT2D eigenvalue weighted by atomic mass is 9.95. The van der Waals surface area contributed by atoms with Crippen molar-refractivity contribution in [3.8, 4) is 22.6 Å². The summed E-state index contributed by atoms with van der Waals surface area (Å²) in [5.41, 5.74) is 4.68. The van der Waals surface area contributed by atoms with Gasteiger partial charge in [0.15, 0.2) is 0 Å². The maximum atomic E-state index is 13.4. The molecule has 6 heteroatoms. The number of aromatic hydroxyl groups is 1. The van der Waals surface area contributed by atoms with Gasteiger partial charge < -0.3 is 10.4 Å². The number of halogens is 1. The number of hydrogen-bond acceptors (Lipinski definition) is 4. The van der Waals surface area contributed by atoms with E-state index in [0.717, 1.165) is 52.6 Å². The minimum Gasteiger partial charge on any atom is -0.507 e. The Bertz CT molecular complexity index is 1220. The molecule has 0 radical (unpaired) electrons. The van der Waals surface area contributed by atoms with Gasteiger partial charge in [-0.25, -0.2) is 4.39 Å². The summed E-state index contributed by atoms with van der Waals surface area (Å²) in [6.07, 6.45) is 1.58. The first-order valence-corrected chi connectivity index (χ1v) is 9.96. The molecule has 150 valence electrons. The van der Waals surface area contributed by atoms with Crippen LogP contribution in [0, 0.1) is 12.7 Å². The molecule has 3 aromatic carbocycles. The van der Waals surface area contributed by atoms with Crippen LogP contribution >= 0.6 is 0 Å². The average Bonchev–Trinajstić information content (AvgIpc) is 3.05. The van der Waals surface area contributed by atoms with Crippen molar-refractivity contribution in [3.05, 3.63) is 89.8 Å². The average molecular weight is 400 g/mol.